The van der Waals surface area contributed by atoms with E-state index < -0.39 is 5.38 Å². The molecule has 100 valence electrons. The van der Waals surface area contributed by atoms with E-state index >= 15 is 0 Å². The molecule has 3 nitrogen and oxygen atoms in total. The molecule has 2 rings (SSSR count). The largest absolute Gasteiger partial charge is 0.301 e. The zero-order chi connectivity index (χ0) is 13.8. The maximum Gasteiger partial charge on any atom is 0.243 e. The van der Waals surface area contributed by atoms with E-state index in [1.165, 1.54) is 11.3 Å². The number of thiazole rings is 1. The number of nitrogens with zero attached hydrogens (tertiary/aromatic N) is 1. The first-order valence-corrected chi connectivity index (χ1v) is 7.32. The van der Waals surface area contributed by atoms with Crippen LogP contribution in [0.2, 0.25) is 5.02 Å². The predicted octanol–water partition coefficient (Wildman–Crippen LogP) is 3.95. The molecular weight excluding hydrogens is 303 g/mol. The molecule has 1 N–H and O–H groups in total. The summed E-state index contributed by atoms with van der Waals surface area (Å²) in [5.41, 5.74) is 1.11. The Kier molecular flexibility index (Phi) is 4.80. The van der Waals surface area contributed by atoms with Gasteiger partial charge >= 0.3 is 0 Å². The molecule has 0 aliphatic carbocycles. The average Bonchev–Trinajstić information content (AvgIpc) is 2.76. The van der Waals surface area contributed by atoms with Crippen LogP contribution in [0.3, 0.4) is 0 Å². The second kappa shape index (κ2) is 6.37. The summed E-state index contributed by atoms with van der Waals surface area (Å²) in [4.78, 5) is 16.6. The Bertz CT molecular complexity index is 584. The summed E-state index contributed by atoms with van der Waals surface area (Å²) in [5, 5.41) is 3.38. The number of benzene rings is 1. The van der Waals surface area contributed by atoms with Crippen molar-refractivity contribution in [3.8, 4) is 0 Å². The van der Waals surface area contributed by atoms with Gasteiger partial charge in [-0.25, -0.2) is 4.98 Å². The first kappa shape index (κ1) is 14.3. The predicted molar refractivity (Wildman–Crippen MR) is 80.3 cm³/mol. The van der Waals surface area contributed by atoms with Crippen LogP contribution in [0, 0.1) is 0 Å². The van der Waals surface area contributed by atoms with Gasteiger partial charge in [-0.1, -0.05) is 23.7 Å². The first-order chi connectivity index (χ1) is 9.04. The lowest BCUT2D eigenvalue weighted by atomic mass is 10.1. The molecule has 0 saturated heterocycles. The number of aromatic nitrogens is 1. The highest BCUT2D eigenvalue weighted by molar-refractivity contribution is 7.15. The fraction of sp³-hybridized carbons (Fsp3) is 0.231. The standard InChI is InChI=1S/C13H12Cl2N2OS/c1-8(14)12(18)17-13-16-7-11(19-13)6-9-3-2-4-10(15)5-9/h2-5,7-8H,6H2,1H3,(H,16,17,18). The molecule has 1 aromatic heterocycles. The van der Waals surface area contributed by atoms with Crippen molar-refractivity contribution in [2.45, 2.75) is 18.7 Å². The van der Waals surface area contributed by atoms with E-state index in [0.29, 0.717) is 10.2 Å². The molecule has 1 unspecified atom stereocenters. The highest BCUT2D eigenvalue weighted by Crippen LogP contribution is 2.22. The number of anilines is 1. The van der Waals surface area contributed by atoms with Crippen LogP contribution in [0.5, 0.6) is 0 Å². The molecule has 0 bridgehead atoms. The van der Waals surface area contributed by atoms with Gasteiger partial charge in [-0.2, -0.15) is 0 Å². The third kappa shape index (κ3) is 4.20. The van der Waals surface area contributed by atoms with Crippen LogP contribution in [-0.2, 0) is 11.2 Å². The van der Waals surface area contributed by atoms with Crippen LogP contribution in [0.4, 0.5) is 5.13 Å². The summed E-state index contributed by atoms with van der Waals surface area (Å²) >= 11 is 13.1. The minimum atomic E-state index is -0.569. The van der Waals surface area contributed by atoms with Gasteiger partial charge in [0.15, 0.2) is 5.13 Å². The van der Waals surface area contributed by atoms with Crippen molar-refractivity contribution in [3.05, 3.63) is 45.9 Å². The molecule has 0 saturated carbocycles. The molecular formula is C13H12Cl2N2OS. The lowest BCUT2D eigenvalue weighted by molar-refractivity contribution is -0.115. The number of carbonyl (C=O) groups excluding carboxylic acids is 1. The second-order valence-corrected chi connectivity index (χ2v) is 6.25. The van der Waals surface area contributed by atoms with Crippen molar-refractivity contribution >= 4 is 45.6 Å². The van der Waals surface area contributed by atoms with Gasteiger partial charge in [-0.15, -0.1) is 22.9 Å². The molecule has 2 aromatic rings. The maximum atomic E-state index is 11.4. The summed E-state index contributed by atoms with van der Waals surface area (Å²) in [6, 6.07) is 7.67. The van der Waals surface area contributed by atoms with Crippen LogP contribution in [0.1, 0.15) is 17.4 Å². The highest BCUT2D eigenvalue weighted by atomic mass is 35.5. The summed E-state index contributed by atoms with van der Waals surface area (Å²) in [6.07, 6.45) is 2.49. The topological polar surface area (TPSA) is 42.0 Å². The SMILES string of the molecule is CC(Cl)C(=O)Nc1ncc(Cc2cccc(Cl)c2)s1. The molecule has 1 amide bonds. The summed E-state index contributed by atoms with van der Waals surface area (Å²) in [6.45, 7) is 1.62. The van der Waals surface area contributed by atoms with Gasteiger partial charge in [0.2, 0.25) is 5.91 Å². The van der Waals surface area contributed by atoms with Gasteiger partial charge in [0.25, 0.3) is 0 Å². The zero-order valence-corrected chi connectivity index (χ0v) is 12.5. The Morgan fingerprint density at radius 1 is 1.53 bits per heavy atom. The third-order valence-electron chi connectivity index (χ3n) is 2.41. The second-order valence-electron chi connectivity index (χ2n) is 4.04. The molecule has 19 heavy (non-hydrogen) atoms. The van der Waals surface area contributed by atoms with Crippen LogP contribution >= 0.6 is 34.5 Å². The number of nitrogens with one attached hydrogen (secondary N) is 1. The van der Waals surface area contributed by atoms with Gasteiger partial charge < -0.3 is 5.32 Å². The average molecular weight is 315 g/mol. The molecule has 0 aliphatic rings. The molecule has 1 aromatic carbocycles. The summed E-state index contributed by atoms with van der Waals surface area (Å²) < 4.78 is 0. The number of carbonyl (C=O) groups is 1. The van der Waals surface area contributed by atoms with Gasteiger partial charge in [0, 0.05) is 22.5 Å². The Labute approximate surface area is 125 Å². The summed E-state index contributed by atoms with van der Waals surface area (Å²) in [7, 11) is 0. The highest BCUT2D eigenvalue weighted by Gasteiger charge is 2.11. The lowest BCUT2D eigenvalue weighted by Gasteiger charge is -2.01. The van der Waals surface area contributed by atoms with Crippen molar-refractivity contribution in [2.75, 3.05) is 5.32 Å². The van der Waals surface area contributed by atoms with E-state index in [0.717, 1.165) is 16.9 Å². The van der Waals surface area contributed by atoms with E-state index in [1.807, 2.05) is 24.3 Å². The smallest absolute Gasteiger partial charge is 0.243 e. The number of halogens is 2. The van der Waals surface area contributed by atoms with Crippen molar-refractivity contribution in [1.29, 1.82) is 0 Å². The third-order valence-corrected chi connectivity index (χ3v) is 3.76. The van der Waals surface area contributed by atoms with E-state index in [2.05, 4.69) is 10.3 Å². The van der Waals surface area contributed by atoms with Crippen molar-refractivity contribution in [2.24, 2.45) is 0 Å². The van der Waals surface area contributed by atoms with Gasteiger partial charge in [-0.05, 0) is 24.6 Å². The molecule has 0 aliphatic heterocycles. The van der Waals surface area contributed by atoms with Crippen molar-refractivity contribution < 1.29 is 4.79 Å². The van der Waals surface area contributed by atoms with Crippen LogP contribution in [-0.4, -0.2) is 16.3 Å². The van der Waals surface area contributed by atoms with Crippen LogP contribution in [0.15, 0.2) is 30.5 Å². The number of amides is 1. The monoisotopic (exact) mass is 314 g/mol. The fourth-order valence-electron chi connectivity index (χ4n) is 1.50. The number of alkyl halides is 1. The minimum absolute atomic E-state index is 0.245. The zero-order valence-electron chi connectivity index (χ0n) is 10.2. The molecule has 1 heterocycles. The Hall–Kier alpha value is -1.10. The van der Waals surface area contributed by atoms with Crippen molar-refractivity contribution in [1.82, 2.24) is 4.98 Å². The first-order valence-electron chi connectivity index (χ1n) is 5.68. The fourth-order valence-corrected chi connectivity index (χ4v) is 2.62. The number of hydrogen-bond donors (Lipinski definition) is 1. The Morgan fingerprint density at radius 3 is 3.00 bits per heavy atom. The molecule has 1 atom stereocenters. The van der Waals surface area contributed by atoms with Crippen LogP contribution < -0.4 is 5.32 Å². The Morgan fingerprint density at radius 2 is 2.32 bits per heavy atom. The molecule has 0 radical (unpaired) electrons. The number of hydrogen-bond acceptors (Lipinski definition) is 3. The molecule has 0 spiro atoms. The molecule has 0 fully saturated rings. The van der Waals surface area contributed by atoms with E-state index in [-0.39, 0.29) is 5.91 Å². The van der Waals surface area contributed by atoms with E-state index in [1.54, 1.807) is 13.1 Å². The van der Waals surface area contributed by atoms with E-state index in [4.69, 9.17) is 23.2 Å². The van der Waals surface area contributed by atoms with Crippen molar-refractivity contribution in [3.63, 3.8) is 0 Å². The Balaban J connectivity index is 2.03. The minimum Gasteiger partial charge on any atom is -0.301 e. The van der Waals surface area contributed by atoms with E-state index in [9.17, 15) is 4.79 Å². The van der Waals surface area contributed by atoms with Crippen LogP contribution in [0.25, 0.3) is 0 Å². The quantitative estimate of drug-likeness (QED) is 0.868. The van der Waals surface area contributed by atoms with Gasteiger partial charge in [-0.3, -0.25) is 4.79 Å². The van der Waals surface area contributed by atoms with Gasteiger partial charge in [0.1, 0.15) is 5.38 Å². The lowest BCUT2D eigenvalue weighted by Crippen LogP contribution is -2.19. The molecule has 6 heteroatoms. The summed E-state index contributed by atoms with van der Waals surface area (Å²) in [5.74, 6) is -0.245. The van der Waals surface area contributed by atoms with Gasteiger partial charge in [0.05, 0.1) is 0 Å². The normalized spacial score (nSPS) is 12.2. The number of rotatable bonds is 4. The maximum absolute atomic E-state index is 11.4.